The van der Waals surface area contributed by atoms with Crippen molar-refractivity contribution in [3.8, 4) is 0 Å². The highest BCUT2D eigenvalue weighted by Crippen LogP contribution is 2.39. The van der Waals surface area contributed by atoms with Gasteiger partial charge in [0.1, 0.15) is 5.54 Å². The van der Waals surface area contributed by atoms with Crippen molar-refractivity contribution in [2.45, 2.75) is 74.0 Å². The molecule has 2 saturated carbocycles. The Morgan fingerprint density at radius 3 is 2.79 bits per heavy atom. The Bertz CT molecular complexity index is 322. The summed E-state index contributed by atoms with van der Waals surface area (Å²) >= 11 is 1.85. The van der Waals surface area contributed by atoms with Gasteiger partial charge in [0.15, 0.2) is 0 Å². The SMILES string of the molecule is CC(CCO)SC1CCCC(NC2CC2)(C(=O)O)C1. The number of aliphatic hydroxyl groups excluding tert-OH is 1. The van der Waals surface area contributed by atoms with Crippen molar-refractivity contribution in [1.82, 2.24) is 5.32 Å². The standard InChI is InChI=1S/C14H25NO3S/c1-10(6-8-16)19-12-3-2-7-14(9-12,13(17)18)15-11-4-5-11/h10-12,15-16H,2-9H2,1H3,(H,17,18). The molecule has 0 saturated heterocycles. The summed E-state index contributed by atoms with van der Waals surface area (Å²) in [5.74, 6) is -0.681. The van der Waals surface area contributed by atoms with E-state index in [1.165, 1.54) is 0 Å². The van der Waals surface area contributed by atoms with Crippen molar-refractivity contribution >= 4 is 17.7 Å². The quantitative estimate of drug-likeness (QED) is 0.668. The van der Waals surface area contributed by atoms with Crippen LogP contribution < -0.4 is 5.32 Å². The van der Waals surface area contributed by atoms with Gasteiger partial charge in [0.25, 0.3) is 0 Å². The Labute approximate surface area is 119 Å². The van der Waals surface area contributed by atoms with E-state index in [1.54, 1.807) is 0 Å². The lowest BCUT2D eigenvalue weighted by Crippen LogP contribution is -2.56. The van der Waals surface area contributed by atoms with Gasteiger partial charge in [-0.05, 0) is 44.9 Å². The van der Waals surface area contributed by atoms with Crippen LogP contribution in [-0.4, -0.2) is 44.9 Å². The molecule has 2 rings (SSSR count). The van der Waals surface area contributed by atoms with Gasteiger partial charge in [-0.15, -0.1) is 0 Å². The third kappa shape index (κ3) is 4.10. The first-order chi connectivity index (χ1) is 9.05. The Morgan fingerprint density at radius 2 is 2.21 bits per heavy atom. The first kappa shape index (κ1) is 15.1. The minimum Gasteiger partial charge on any atom is -0.480 e. The van der Waals surface area contributed by atoms with Crippen LogP contribution in [0.15, 0.2) is 0 Å². The van der Waals surface area contributed by atoms with Crippen molar-refractivity contribution in [1.29, 1.82) is 0 Å². The summed E-state index contributed by atoms with van der Waals surface area (Å²) in [7, 11) is 0. The zero-order chi connectivity index (χ0) is 13.9. The topological polar surface area (TPSA) is 69.6 Å². The molecule has 19 heavy (non-hydrogen) atoms. The summed E-state index contributed by atoms with van der Waals surface area (Å²) in [6, 6.07) is 0.426. The Kier molecular flexibility index (Phi) is 5.15. The van der Waals surface area contributed by atoms with Gasteiger partial charge in [-0.25, -0.2) is 0 Å². The van der Waals surface area contributed by atoms with Gasteiger partial charge in [-0.1, -0.05) is 6.92 Å². The van der Waals surface area contributed by atoms with Crippen LogP contribution >= 0.6 is 11.8 Å². The van der Waals surface area contributed by atoms with Gasteiger partial charge in [0.2, 0.25) is 0 Å². The zero-order valence-electron chi connectivity index (χ0n) is 11.6. The molecule has 2 aliphatic carbocycles. The molecule has 2 aliphatic rings. The molecule has 0 bridgehead atoms. The van der Waals surface area contributed by atoms with Gasteiger partial charge < -0.3 is 10.2 Å². The lowest BCUT2D eigenvalue weighted by atomic mass is 9.81. The molecule has 0 heterocycles. The highest BCUT2D eigenvalue weighted by Gasteiger charge is 2.46. The van der Waals surface area contributed by atoms with Crippen molar-refractivity contribution in [3.05, 3.63) is 0 Å². The Balaban J connectivity index is 1.94. The maximum absolute atomic E-state index is 11.7. The minimum atomic E-state index is -0.698. The number of aliphatic carboxylic acids is 1. The number of hydrogen-bond donors (Lipinski definition) is 3. The van der Waals surface area contributed by atoms with Gasteiger partial charge in [-0.3, -0.25) is 10.1 Å². The second kappa shape index (κ2) is 6.46. The predicted octanol–water partition coefficient (Wildman–Crippen LogP) is 2.01. The van der Waals surface area contributed by atoms with Crippen molar-refractivity contribution < 1.29 is 15.0 Å². The van der Waals surface area contributed by atoms with Crippen molar-refractivity contribution in [3.63, 3.8) is 0 Å². The number of carbonyl (C=O) groups is 1. The number of carboxylic acid groups (broad SMARTS) is 1. The Morgan fingerprint density at radius 1 is 1.47 bits per heavy atom. The van der Waals surface area contributed by atoms with E-state index in [-0.39, 0.29) is 6.61 Å². The molecule has 2 fully saturated rings. The van der Waals surface area contributed by atoms with E-state index >= 15 is 0 Å². The third-order valence-corrected chi connectivity index (χ3v) is 5.62. The average molecular weight is 287 g/mol. The smallest absolute Gasteiger partial charge is 0.323 e. The fourth-order valence-corrected chi connectivity index (χ4v) is 4.51. The summed E-state index contributed by atoms with van der Waals surface area (Å²) in [6.45, 7) is 2.33. The van der Waals surface area contributed by atoms with E-state index < -0.39 is 11.5 Å². The maximum atomic E-state index is 11.7. The first-order valence-electron chi connectivity index (χ1n) is 7.33. The van der Waals surface area contributed by atoms with E-state index in [0.717, 1.165) is 44.9 Å². The van der Waals surface area contributed by atoms with Crippen LogP contribution in [0.1, 0.15) is 51.9 Å². The van der Waals surface area contributed by atoms with Crippen LogP contribution in [0.5, 0.6) is 0 Å². The lowest BCUT2D eigenvalue weighted by Gasteiger charge is -2.39. The molecule has 0 radical (unpaired) electrons. The van der Waals surface area contributed by atoms with E-state index in [4.69, 9.17) is 5.11 Å². The van der Waals surface area contributed by atoms with E-state index in [9.17, 15) is 9.90 Å². The molecule has 4 nitrogen and oxygen atoms in total. The summed E-state index contributed by atoms with van der Waals surface area (Å²) in [5.41, 5.74) is -0.698. The number of rotatable bonds is 7. The van der Waals surface area contributed by atoms with Gasteiger partial charge >= 0.3 is 5.97 Å². The first-order valence-corrected chi connectivity index (χ1v) is 8.27. The maximum Gasteiger partial charge on any atom is 0.323 e. The molecule has 0 aliphatic heterocycles. The van der Waals surface area contributed by atoms with Gasteiger partial charge in [-0.2, -0.15) is 11.8 Å². The molecule has 5 heteroatoms. The van der Waals surface area contributed by atoms with Crippen LogP contribution in [0.3, 0.4) is 0 Å². The van der Waals surface area contributed by atoms with E-state index in [1.807, 2.05) is 11.8 Å². The minimum absolute atomic E-state index is 0.214. The summed E-state index contributed by atoms with van der Waals surface area (Å²) in [5, 5.41) is 22.8. The Hall–Kier alpha value is -0.260. The lowest BCUT2D eigenvalue weighted by molar-refractivity contribution is -0.146. The van der Waals surface area contributed by atoms with Crippen LogP contribution in [0.4, 0.5) is 0 Å². The van der Waals surface area contributed by atoms with E-state index in [0.29, 0.717) is 16.5 Å². The number of nitrogens with one attached hydrogen (secondary N) is 1. The fraction of sp³-hybridized carbons (Fsp3) is 0.929. The molecular weight excluding hydrogens is 262 g/mol. The number of thioether (sulfide) groups is 1. The zero-order valence-corrected chi connectivity index (χ0v) is 12.4. The fourth-order valence-electron chi connectivity index (χ4n) is 2.92. The van der Waals surface area contributed by atoms with Crippen LogP contribution in [0.2, 0.25) is 0 Å². The van der Waals surface area contributed by atoms with Crippen molar-refractivity contribution in [2.24, 2.45) is 0 Å². The molecule has 110 valence electrons. The summed E-state index contributed by atoms with van der Waals surface area (Å²) in [4.78, 5) is 11.7. The number of aliphatic hydroxyl groups is 1. The third-order valence-electron chi connectivity index (χ3n) is 4.13. The second-order valence-electron chi connectivity index (χ2n) is 5.98. The molecule has 3 atom stereocenters. The predicted molar refractivity (Wildman–Crippen MR) is 77.5 cm³/mol. The number of carboxylic acids is 1. The normalized spacial score (nSPS) is 33.1. The monoisotopic (exact) mass is 287 g/mol. The highest BCUT2D eigenvalue weighted by atomic mass is 32.2. The molecule has 0 aromatic heterocycles. The average Bonchev–Trinajstić information content (AvgIpc) is 3.13. The molecule has 3 unspecified atom stereocenters. The number of hydrogen-bond acceptors (Lipinski definition) is 4. The summed E-state index contributed by atoms with van der Waals surface area (Å²) < 4.78 is 0. The van der Waals surface area contributed by atoms with Gasteiger partial charge in [0.05, 0.1) is 0 Å². The molecule has 0 amide bonds. The molecular formula is C14H25NO3S. The van der Waals surface area contributed by atoms with Gasteiger partial charge in [0, 0.05) is 23.1 Å². The van der Waals surface area contributed by atoms with E-state index in [2.05, 4.69) is 12.2 Å². The molecule has 0 aromatic carbocycles. The largest absolute Gasteiger partial charge is 0.480 e. The van der Waals surface area contributed by atoms with Crippen LogP contribution in [-0.2, 0) is 4.79 Å². The highest BCUT2D eigenvalue weighted by molar-refractivity contribution is 8.00. The van der Waals surface area contributed by atoms with Crippen LogP contribution in [0.25, 0.3) is 0 Å². The van der Waals surface area contributed by atoms with Crippen LogP contribution in [0, 0.1) is 0 Å². The molecule has 0 spiro atoms. The molecule has 0 aromatic rings. The molecule has 3 N–H and O–H groups in total. The van der Waals surface area contributed by atoms with Crippen molar-refractivity contribution in [2.75, 3.05) is 6.61 Å². The second-order valence-corrected chi connectivity index (χ2v) is 7.73. The summed E-state index contributed by atoms with van der Waals surface area (Å²) in [6.07, 6.45) is 6.58.